The fourth-order valence-electron chi connectivity index (χ4n) is 2.22. The van der Waals surface area contributed by atoms with Gasteiger partial charge in [0.1, 0.15) is 0 Å². The largest absolute Gasteiger partial charge is 0.380 e. The van der Waals surface area contributed by atoms with Crippen LogP contribution in [0, 0.1) is 0 Å². The number of rotatable bonds is 4. The van der Waals surface area contributed by atoms with E-state index in [9.17, 15) is 16.8 Å². The second-order valence-electron chi connectivity index (χ2n) is 5.34. The van der Waals surface area contributed by atoms with E-state index in [0.717, 1.165) is 12.5 Å². The molecule has 1 heterocycles. The van der Waals surface area contributed by atoms with Crippen molar-refractivity contribution in [3.05, 3.63) is 24.3 Å². The van der Waals surface area contributed by atoms with Crippen LogP contribution in [-0.4, -0.2) is 35.6 Å². The SMILES string of the molecule is CC1(NS(=O)(=O)c2cccc(S(N)(=O)=O)c2)CCCOC1. The van der Waals surface area contributed by atoms with Crippen LogP contribution in [0.2, 0.25) is 0 Å². The first kappa shape index (κ1) is 16.4. The van der Waals surface area contributed by atoms with Gasteiger partial charge in [0.2, 0.25) is 20.0 Å². The Kier molecular flexibility index (Phi) is 4.41. The van der Waals surface area contributed by atoms with Crippen LogP contribution in [0.5, 0.6) is 0 Å². The minimum atomic E-state index is -3.95. The first-order chi connectivity index (χ1) is 9.62. The Morgan fingerprint density at radius 1 is 1.24 bits per heavy atom. The first-order valence-corrected chi connectivity index (χ1v) is 9.40. The fourth-order valence-corrected chi connectivity index (χ4v) is 4.32. The predicted octanol–water partition coefficient (Wildman–Crippen LogP) is 0.181. The van der Waals surface area contributed by atoms with E-state index in [1.165, 1.54) is 18.2 Å². The molecule has 1 aromatic carbocycles. The highest BCUT2D eigenvalue weighted by atomic mass is 32.2. The molecule has 1 fully saturated rings. The zero-order valence-corrected chi connectivity index (χ0v) is 13.2. The molecule has 0 aromatic heterocycles. The van der Waals surface area contributed by atoms with Crippen molar-refractivity contribution in [2.24, 2.45) is 5.14 Å². The molecule has 0 saturated carbocycles. The van der Waals surface area contributed by atoms with Crippen molar-refractivity contribution in [3.63, 3.8) is 0 Å². The van der Waals surface area contributed by atoms with Gasteiger partial charge in [-0.2, -0.15) is 0 Å². The number of sulfonamides is 2. The molecular weight excluding hydrogens is 316 g/mol. The summed E-state index contributed by atoms with van der Waals surface area (Å²) in [5.41, 5.74) is -0.700. The van der Waals surface area contributed by atoms with Crippen LogP contribution in [0.25, 0.3) is 0 Å². The maximum atomic E-state index is 12.4. The van der Waals surface area contributed by atoms with Gasteiger partial charge in [-0.3, -0.25) is 0 Å². The number of ether oxygens (including phenoxy) is 1. The number of hydrogen-bond acceptors (Lipinski definition) is 5. The van der Waals surface area contributed by atoms with Crippen LogP contribution in [-0.2, 0) is 24.8 Å². The molecule has 118 valence electrons. The smallest absolute Gasteiger partial charge is 0.241 e. The molecule has 0 radical (unpaired) electrons. The molecular formula is C12H18N2O5S2. The Morgan fingerprint density at radius 2 is 1.90 bits per heavy atom. The van der Waals surface area contributed by atoms with Gasteiger partial charge in [0.25, 0.3) is 0 Å². The van der Waals surface area contributed by atoms with Crippen molar-refractivity contribution in [3.8, 4) is 0 Å². The minimum absolute atomic E-state index is 0.138. The lowest BCUT2D eigenvalue weighted by Gasteiger charge is -2.33. The van der Waals surface area contributed by atoms with Crippen molar-refractivity contribution in [2.75, 3.05) is 13.2 Å². The van der Waals surface area contributed by atoms with E-state index >= 15 is 0 Å². The average molecular weight is 334 g/mol. The third-order valence-corrected chi connectivity index (χ3v) is 5.81. The van der Waals surface area contributed by atoms with Gasteiger partial charge in [-0.05, 0) is 38.0 Å². The lowest BCUT2D eigenvalue weighted by Crippen LogP contribution is -2.51. The average Bonchev–Trinajstić information content (AvgIpc) is 2.37. The predicted molar refractivity (Wildman–Crippen MR) is 76.6 cm³/mol. The van der Waals surface area contributed by atoms with Crippen molar-refractivity contribution < 1.29 is 21.6 Å². The van der Waals surface area contributed by atoms with Crippen LogP contribution in [0.4, 0.5) is 0 Å². The first-order valence-electron chi connectivity index (χ1n) is 6.37. The van der Waals surface area contributed by atoms with Crippen molar-refractivity contribution in [1.82, 2.24) is 4.72 Å². The number of benzene rings is 1. The third-order valence-electron chi connectivity index (χ3n) is 3.26. The van der Waals surface area contributed by atoms with E-state index in [-0.39, 0.29) is 16.4 Å². The summed E-state index contributed by atoms with van der Waals surface area (Å²) in [6, 6.07) is 4.96. The van der Waals surface area contributed by atoms with Crippen LogP contribution < -0.4 is 9.86 Å². The molecule has 0 bridgehead atoms. The molecule has 2 rings (SSSR count). The zero-order chi connectivity index (χ0) is 15.7. The van der Waals surface area contributed by atoms with E-state index < -0.39 is 25.6 Å². The Hall–Kier alpha value is -1.00. The summed E-state index contributed by atoms with van der Waals surface area (Å²) in [7, 11) is -7.80. The molecule has 1 aromatic rings. The quantitative estimate of drug-likeness (QED) is 0.815. The van der Waals surface area contributed by atoms with Gasteiger partial charge in [0.05, 0.1) is 21.9 Å². The van der Waals surface area contributed by atoms with Gasteiger partial charge < -0.3 is 4.74 Å². The summed E-state index contributed by atoms with van der Waals surface area (Å²) < 4.78 is 55.3. The molecule has 1 unspecified atom stereocenters. The number of primary sulfonamides is 1. The van der Waals surface area contributed by atoms with E-state index in [4.69, 9.17) is 9.88 Å². The summed E-state index contributed by atoms with van der Waals surface area (Å²) in [5.74, 6) is 0. The lowest BCUT2D eigenvalue weighted by molar-refractivity contribution is 0.0386. The second kappa shape index (κ2) is 5.65. The minimum Gasteiger partial charge on any atom is -0.380 e. The molecule has 0 aliphatic carbocycles. The second-order valence-corrected chi connectivity index (χ2v) is 8.59. The Balaban J connectivity index is 2.32. The number of nitrogens with one attached hydrogen (secondary N) is 1. The highest BCUT2D eigenvalue weighted by Crippen LogP contribution is 2.22. The van der Waals surface area contributed by atoms with Crippen molar-refractivity contribution in [2.45, 2.75) is 35.1 Å². The fraction of sp³-hybridized carbons (Fsp3) is 0.500. The molecule has 1 aliphatic heterocycles. The molecule has 7 nitrogen and oxygen atoms in total. The molecule has 0 spiro atoms. The van der Waals surface area contributed by atoms with Gasteiger partial charge in [0, 0.05) is 6.61 Å². The van der Waals surface area contributed by atoms with Crippen LogP contribution in [0.15, 0.2) is 34.1 Å². The molecule has 1 aliphatic rings. The highest BCUT2D eigenvalue weighted by Gasteiger charge is 2.33. The van der Waals surface area contributed by atoms with Gasteiger partial charge >= 0.3 is 0 Å². The molecule has 0 amide bonds. The maximum absolute atomic E-state index is 12.4. The Morgan fingerprint density at radius 3 is 2.48 bits per heavy atom. The molecule has 1 saturated heterocycles. The van der Waals surface area contributed by atoms with Gasteiger partial charge in [0.15, 0.2) is 0 Å². The van der Waals surface area contributed by atoms with Crippen LogP contribution in [0.3, 0.4) is 0 Å². The summed E-state index contributed by atoms with van der Waals surface area (Å²) in [6.45, 7) is 2.65. The normalized spacial score (nSPS) is 23.9. The summed E-state index contributed by atoms with van der Waals surface area (Å²) in [5, 5.41) is 5.02. The maximum Gasteiger partial charge on any atom is 0.241 e. The van der Waals surface area contributed by atoms with Gasteiger partial charge in [-0.25, -0.2) is 26.7 Å². The molecule has 1 atom stereocenters. The Labute approximate surface area is 124 Å². The van der Waals surface area contributed by atoms with Crippen molar-refractivity contribution in [1.29, 1.82) is 0 Å². The van der Waals surface area contributed by atoms with Crippen molar-refractivity contribution >= 4 is 20.0 Å². The summed E-state index contributed by atoms with van der Waals surface area (Å²) in [4.78, 5) is -0.378. The van der Waals surface area contributed by atoms with E-state index in [0.29, 0.717) is 13.0 Å². The zero-order valence-electron chi connectivity index (χ0n) is 11.6. The van der Waals surface area contributed by atoms with Crippen LogP contribution in [0.1, 0.15) is 19.8 Å². The van der Waals surface area contributed by atoms with Gasteiger partial charge in [-0.15, -0.1) is 0 Å². The van der Waals surface area contributed by atoms with Crippen LogP contribution >= 0.6 is 0 Å². The topological polar surface area (TPSA) is 116 Å². The monoisotopic (exact) mass is 334 g/mol. The molecule has 3 N–H and O–H groups in total. The summed E-state index contributed by atoms with van der Waals surface area (Å²) in [6.07, 6.45) is 1.41. The van der Waals surface area contributed by atoms with E-state index in [2.05, 4.69) is 4.72 Å². The highest BCUT2D eigenvalue weighted by molar-refractivity contribution is 7.90. The standard InChI is InChI=1S/C12H18N2O5S2/c1-12(6-3-7-19-9-12)14-21(17,18)11-5-2-4-10(8-11)20(13,15)16/h2,4-5,8,14H,3,6-7,9H2,1H3,(H2,13,15,16). The van der Waals surface area contributed by atoms with E-state index in [1.54, 1.807) is 6.92 Å². The number of hydrogen-bond donors (Lipinski definition) is 2. The van der Waals surface area contributed by atoms with Gasteiger partial charge in [-0.1, -0.05) is 6.07 Å². The summed E-state index contributed by atoms with van der Waals surface area (Å²) >= 11 is 0. The number of nitrogens with two attached hydrogens (primary N) is 1. The van der Waals surface area contributed by atoms with E-state index in [1.807, 2.05) is 0 Å². The lowest BCUT2D eigenvalue weighted by atomic mass is 9.97. The third kappa shape index (κ3) is 4.01. The Bertz CT molecular complexity index is 722. The molecule has 9 heteroatoms. The molecule has 21 heavy (non-hydrogen) atoms.